The van der Waals surface area contributed by atoms with E-state index >= 15 is 0 Å². The smallest absolute Gasteiger partial charge is 0.182 e. The molecule has 5 nitrogen and oxygen atoms in total. The highest BCUT2D eigenvalue weighted by molar-refractivity contribution is 9.10. The lowest BCUT2D eigenvalue weighted by Crippen LogP contribution is -2.41. The first-order valence-corrected chi connectivity index (χ1v) is 9.55. The maximum Gasteiger partial charge on any atom is 0.182 e. The molecule has 0 aromatic heterocycles. The molecule has 1 saturated carbocycles. The van der Waals surface area contributed by atoms with Crippen LogP contribution in [0.2, 0.25) is 5.02 Å². The second-order valence-corrected chi connectivity index (χ2v) is 8.61. The highest BCUT2D eigenvalue weighted by Crippen LogP contribution is 2.29. The molecule has 22 heavy (non-hydrogen) atoms. The number of alkyl halides is 1. The van der Waals surface area contributed by atoms with Crippen molar-refractivity contribution in [1.29, 1.82) is 0 Å². The summed E-state index contributed by atoms with van der Waals surface area (Å²) in [6.45, 7) is 0. The predicted octanol–water partition coefficient (Wildman–Crippen LogP) is 2.24. The normalized spacial score (nSPS) is 22.7. The molecular formula is C14H12BrClO5S. The van der Waals surface area contributed by atoms with Crippen LogP contribution in [0.25, 0.3) is 0 Å². The lowest BCUT2D eigenvalue weighted by Gasteiger charge is -2.22. The molecule has 0 bridgehead atoms. The van der Waals surface area contributed by atoms with Gasteiger partial charge in [-0.25, -0.2) is 8.42 Å². The van der Waals surface area contributed by atoms with Crippen molar-refractivity contribution in [3.05, 3.63) is 28.8 Å². The summed E-state index contributed by atoms with van der Waals surface area (Å²) in [6.07, 6.45) is 1.52. The van der Waals surface area contributed by atoms with Gasteiger partial charge < -0.3 is 0 Å². The van der Waals surface area contributed by atoms with Gasteiger partial charge >= 0.3 is 0 Å². The molecule has 0 radical (unpaired) electrons. The van der Waals surface area contributed by atoms with Crippen LogP contribution in [-0.2, 0) is 19.4 Å². The number of carbonyl (C=O) groups excluding carboxylic acids is 3. The van der Waals surface area contributed by atoms with Gasteiger partial charge in [0, 0.05) is 18.2 Å². The predicted molar refractivity (Wildman–Crippen MR) is 84.3 cm³/mol. The van der Waals surface area contributed by atoms with Gasteiger partial charge in [-0.15, -0.1) is 0 Å². The van der Waals surface area contributed by atoms with Crippen LogP contribution < -0.4 is 0 Å². The van der Waals surface area contributed by atoms with Crippen LogP contribution in [0, 0.1) is 5.92 Å². The van der Waals surface area contributed by atoms with E-state index in [-0.39, 0.29) is 21.9 Å². The third-order valence-corrected chi connectivity index (χ3v) is 5.79. The number of Topliss-reactive ketones (excluding diaryl/α,β-unsaturated/α-hetero) is 3. The largest absolute Gasteiger partial charge is 0.298 e. The van der Waals surface area contributed by atoms with Crippen molar-refractivity contribution >= 4 is 54.7 Å². The molecule has 1 aliphatic rings. The Balaban J connectivity index is 2.41. The van der Waals surface area contributed by atoms with Crippen LogP contribution in [0.5, 0.6) is 0 Å². The fraction of sp³-hybridized carbons (Fsp3) is 0.357. The lowest BCUT2D eigenvalue weighted by molar-refractivity contribution is -0.132. The Morgan fingerprint density at radius 1 is 1.32 bits per heavy atom. The SMILES string of the molecule is CS(=O)(=O)c1ccc(C(=O)C2C(=O)CCC(Br)C2=O)c(Cl)c1. The van der Waals surface area contributed by atoms with Crippen LogP contribution >= 0.6 is 27.5 Å². The zero-order valence-corrected chi connectivity index (χ0v) is 14.7. The summed E-state index contributed by atoms with van der Waals surface area (Å²) in [5, 5.41) is -0.0924. The molecule has 0 amide bonds. The fourth-order valence-corrected chi connectivity index (χ4v) is 3.73. The third kappa shape index (κ3) is 3.31. The number of halogens is 2. The quantitative estimate of drug-likeness (QED) is 0.436. The summed E-state index contributed by atoms with van der Waals surface area (Å²) in [7, 11) is -3.46. The second-order valence-electron chi connectivity index (χ2n) is 5.09. The van der Waals surface area contributed by atoms with Crippen LogP contribution in [0.3, 0.4) is 0 Å². The molecule has 1 aliphatic carbocycles. The molecule has 1 aromatic rings. The number of sulfone groups is 1. The lowest BCUT2D eigenvalue weighted by atomic mass is 9.81. The van der Waals surface area contributed by atoms with Gasteiger partial charge in [0.2, 0.25) is 0 Å². The Morgan fingerprint density at radius 3 is 2.50 bits per heavy atom. The Labute approximate surface area is 141 Å². The molecule has 0 spiro atoms. The molecule has 0 N–H and O–H groups in total. The number of rotatable bonds is 3. The monoisotopic (exact) mass is 406 g/mol. The molecule has 118 valence electrons. The summed E-state index contributed by atoms with van der Waals surface area (Å²) < 4.78 is 22.9. The van der Waals surface area contributed by atoms with Crippen molar-refractivity contribution in [2.24, 2.45) is 5.92 Å². The van der Waals surface area contributed by atoms with E-state index in [1.807, 2.05) is 0 Å². The standard InChI is InChI=1S/C14H12BrClO5S/c1-22(20,21)7-2-3-8(10(16)6-7)13(18)12-11(17)5-4-9(15)14(12)19/h2-3,6,9,12H,4-5H2,1H3. The van der Waals surface area contributed by atoms with Crippen molar-refractivity contribution in [3.8, 4) is 0 Å². The topological polar surface area (TPSA) is 85.3 Å². The van der Waals surface area contributed by atoms with Gasteiger partial charge in [-0.1, -0.05) is 27.5 Å². The van der Waals surface area contributed by atoms with Crippen molar-refractivity contribution in [2.45, 2.75) is 22.6 Å². The van der Waals surface area contributed by atoms with Gasteiger partial charge in [0.1, 0.15) is 5.92 Å². The first kappa shape index (κ1) is 17.3. The molecule has 2 atom stereocenters. The van der Waals surface area contributed by atoms with E-state index in [2.05, 4.69) is 15.9 Å². The van der Waals surface area contributed by atoms with Crippen LogP contribution in [0.4, 0.5) is 0 Å². The van der Waals surface area contributed by atoms with Crippen LogP contribution in [0.1, 0.15) is 23.2 Å². The van der Waals surface area contributed by atoms with Crippen LogP contribution in [0.15, 0.2) is 23.1 Å². The van der Waals surface area contributed by atoms with E-state index in [9.17, 15) is 22.8 Å². The molecular weight excluding hydrogens is 396 g/mol. The highest BCUT2D eigenvalue weighted by atomic mass is 79.9. The summed E-state index contributed by atoms with van der Waals surface area (Å²) in [6, 6.07) is 3.62. The Hall–Kier alpha value is -1.05. The minimum Gasteiger partial charge on any atom is -0.298 e. The molecule has 1 fully saturated rings. The van der Waals surface area contributed by atoms with Gasteiger partial charge in [0.15, 0.2) is 27.2 Å². The van der Waals surface area contributed by atoms with Crippen molar-refractivity contribution in [1.82, 2.24) is 0 Å². The molecule has 2 unspecified atom stereocenters. The summed E-state index contributed by atoms with van der Waals surface area (Å²) in [5.41, 5.74) is -0.0256. The minimum absolute atomic E-state index is 0.0256. The number of hydrogen-bond donors (Lipinski definition) is 0. The molecule has 0 saturated heterocycles. The molecule has 2 rings (SSSR count). The highest BCUT2D eigenvalue weighted by Gasteiger charge is 2.41. The van der Waals surface area contributed by atoms with E-state index in [0.717, 1.165) is 12.3 Å². The molecule has 1 aromatic carbocycles. The van der Waals surface area contributed by atoms with E-state index in [4.69, 9.17) is 11.6 Å². The Morgan fingerprint density at radius 2 is 1.95 bits per heavy atom. The zero-order valence-electron chi connectivity index (χ0n) is 11.5. The van der Waals surface area contributed by atoms with E-state index in [1.165, 1.54) is 12.1 Å². The summed E-state index contributed by atoms with van der Waals surface area (Å²) in [4.78, 5) is 35.8. The number of carbonyl (C=O) groups is 3. The number of hydrogen-bond acceptors (Lipinski definition) is 5. The minimum atomic E-state index is -3.46. The Kier molecular flexibility index (Phi) is 4.89. The van der Waals surface area contributed by atoms with Crippen LogP contribution in [-0.4, -0.2) is 36.9 Å². The second kappa shape index (κ2) is 6.22. The number of benzene rings is 1. The summed E-state index contributed by atoms with van der Waals surface area (Å²) in [5.74, 6) is -2.98. The van der Waals surface area contributed by atoms with Gasteiger partial charge in [0.05, 0.1) is 14.7 Å². The third-order valence-electron chi connectivity index (χ3n) is 3.46. The van der Waals surface area contributed by atoms with Crippen molar-refractivity contribution in [2.75, 3.05) is 6.26 Å². The average molecular weight is 408 g/mol. The first-order valence-electron chi connectivity index (χ1n) is 6.37. The van der Waals surface area contributed by atoms with Gasteiger partial charge in [0.25, 0.3) is 0 Å². The maximum absolute atomic E-state index is 12.5. The Bertz CT molecular complexity index is 771. The van der Waals surface area contributed by atoms with Gasteiger partial charge in [-0.3, -0.25) is 14.4 Å². The van der Waals surface area contributed by atoms with Crippen molar-refractivity contribution < 1.29 is 22.8 Å². The molecule has 0 heterocycles. The zero-order chi connectivity index (χ0) is 16.7. The van der Waals surface area contributed by atoms with Crippen molar-refractivity contribution in [3.63, 3.8) is 0 Å². The average Bonchev–Trinajstić information content (AvgIpc) is 2.42. The number of ketones is 3. The molecule has 0 aliphatic heterocycles. The van der Waals surface area contributed by atoms with E-state index < -0.39 is 37.9 Å². The fourth-order valence-electron chi connectivity index (χ4n) is 2.25. The van der Waals surface area contributed by atoms with E-state index in [1.54, 1.807) is 0 Å². The summed E-state index contributed by atoms with van der Waals surface area (Å²) >= 11 is 9.11. The van der Waals surface area contributed by atoms with Gasteiger partial charge in [-0.05, 0) is 24.6 Å². The van der Waals surface area contributed by atoms with E-state index in [0.29, 0.717) is 6.42 Å². The first-order chi connectivity index (χ1) is 10.1. The van der Waals surface area contributed by atoms with Gasteiger partial charge in [-0.2, -0.15) is 0 Å². The molecule has 8 heteroatoms. The maximum atomic E-state index is 12.5.